The van der Waals surface area contributed by atoms with Crippen molar-refractivity contribution < 1.29 is 19.5 Å². The molecule has 2 aliphatic rings. The highest BCUT2D eigenvalue weighted by Crippen LogP contribution is 2.51. The van der Waals surface area contributed by atoms with E-state index in [1.807, 2.05) is 66.7 Å². The molecule has 3 atom stereocenters. The molecule has 5 rings (SSSR count). The van der Waals surface area contributed by atoms with Gasteiger partial charge in [-0.25, -0.2) is 0 Å². The second kappa shape index (κ2) is 10.4. The minimum Gasteiger partial charge on any atom is -0.480 e. The van der Waals surface area contributed by atoms with Crippen LogP contribution < -0.4 is 16.4 Å². The van der Waals surface area contributed by atoms with Crippen LogP contribution in [0.3, 0.4) is 0 Å². The van der Waals surface area contributed by atoms with Crippen LogP contribution in [0.25, 0.3) is 0 Å². The summed E-state index contributed by atoms with van der Waals surface area (Å²) < 4.78 is 0. The molecule has 0 radical (unpaired) electrons. The van der Waals surface area contributed by atoms with Gasteiger partial charge in [0, 0.05) is 10.8 Å². The summed E-state index contributed by atoms with van der Waals surface area (Å²) in [5, 5.41) is 23.1. The third-order valence-electron chi connectivity index (χ3n) is 7.42. The van der Waals surface area contributed by atoms with Crippen LogP contribution in [0.4, 0.5) is 0 Å². The van der Waals surface area contributed by atoms with E-state index in [0.29, 0.717) is 17.7 Å². The van der Waals surface area contributed by atoms with E-state index < -0.39 is 23.5 Å². The van der Waals surface area contributed by atoms with Gasteiger partial charge in [0.15, 0.2) is 0 Å². The summed E-state index contributed by atoms with van der Waals surface area (Å²) in [6, 6.07) is 21.8. The van der Waals surface area contributed by atoms with Gasteiger partial charge in [0.25, 0.3) is 0 Å². The lowest BCUT2D eigenvalue weighted by atomic mass is 9.64. The molecule has 9 nitrogen and oxygen atoms in total. The monoisotopic (exact) mass is 531 g/mol. The number of amidine groups is 1. The van der Waals surface area contributed by atoms with Gasteiger partial charge in [-0.3, -0.25) is 25.1 Å². The van der Waals surface area contributed by atoms with E-state index in [1.54, 1.807) is 11.0 Å². The molecule has 0 saturated carbocycles. The van der Waals surface area contributed by atoms with Crippen molar-refractivity contribution in [3.05, 3.63) is 93.7 Å². The largest absolute Gasteiger partial charge is 0.480 e. The topological polar surface area (TPSA) is 149 Å². The Morgan fingerprint density at radius 3 is 2.24 bits per heavy atom. The summed E-state index contributed by atoms with van der Waals surface area (Å²) in [6.07, 6.45) is 1.05. The molecule has 3 aromatic rings. The van der Waals surface area contributed by atoms with Gasteiger partial charge >= 0.3 is 5.97 Å². The van der Waals surface area contributed by atoms with Crippen molar-refractivity contribution in [1.29, 1.82) is 5.41 Å². The van der Waals surface area contributed by atoms with Crippen molar-refractivity contribution in [2.24, 2.45) is 5.73 Å². The summed E-state index contributed by atoms with van der Waals surface area (Å²) in [5.41, 5.74) is 6.14. The lowest BCUT2D eigenvalue weighted by Crippen LogP contribution is -2.81. The van der Waals surface area contributed by atoms with E-state index in [1.165, 1.54) is 11.3 Å². The quantitative estimate of drug-likeness (QED) is 0.154. The molecule has 0 aliphatic carbocycles. The Bertz CT molecular complexity index is 1320. The van der Waals surface area contributed by atoms with Crippen molar-refractivity contribution in [2.45, 2.75) is 42.9 Å². The number of thiophene rings is 1. The summed E-state index contributed by atoms with van der Waals surface area (Å²) in [6.45, 7) is -0.0982. The van der Waals surface area contributed by atoms with Crippen molar-refractivity contribution in [3.63, 3.8) is 0 Å². The smallest absolute Gasteiger partial charge is 0.317 e. The minimum atomic E-state index is -1.19. The van der Waals surface area contributed by atoms with Crippen molar-refractivity contribution in [2.75, 3.05) is 6.54 Å². The van der Waals surface area contributed by atoms with Gasteiger partial charge in [-0.2, -0.15) is 0 Å². The fraction of sp³-hybridized carbons (Fsp3) is 0.286. The molecule has 3 heterocycles. The SMILES string of the molecule is N=C(N)c1ccc(CNC(=O)[C@@H]2CCC3N2C(=O)C3(NCC(=O)O)C(c2ccccc2)c2ccccc2)s1. The molecule has 10 heteroatoms. The van der Waals surface area contributed by atoms with E-state index in [-0.39, 0.29) is 36.8 Å². The minimum absolute atomic E-state index is 0.0195. The number of amides is 2. The number of carbonyl (C=O) groups excluding carboxylic acids is 2. The molecular formula is C28H29N5O4S. The summed E-state index contributed by atoms with van der Waals surface area (Å²) in [5.74, 6) is -2.02. The molecule has 38 heavy (non-hydrogen) atoms. The summed E-state index contributed by atoms with van der Waals surface area (Å²) in [4.78, 5) is 42.1. The van der Waals surface area contributed by atoms with Crippen LogP contribution in [0, 0.1) is 5.41 Å². The first-order valence-corrected chi connectivity index (χ1v) is 13.2. The highest BCUT2D eigenvalue weighted by atomic mass is 32.1. The van der Waals surface area contributed by atoms with E-state index in [4.69, 9.17) is 11.1 Å². The second-order valence-electron chi connectivity index (χ2n) is 9.59. The van der Waals surface area contributed by atoms with E-state index in [9.17, 15) is 19.5 Å². The molecule has 2 aromatic carbocycles. The number of nitrogen functional groups attached to an aromatic ring is 1. The maximum Gasteiger partial charge on any atom is 0.317 e. The Labute approximate surface area is 224 Å². The number of β-lactam (4-membered cyclic amide) rings is 1. The van der Waals surface area contributed by atoms with Gasteiger partial charge in [-0.05, 0) is 36.1 Å². The number of carbonyl (C=O) groups is 3. The Morgan fingerprint density at radius 1 is 1.05 bits per heavy atom. The standard InChI is InChI=1S/C28H29N5O4S/c29-25(30)21-13-11-19(38-21)15-31-26(36)20-12-14-22-28(27(37)33(20)22,32-16-23(34)35)24(17-7-3-1-4-8-17)18-9-5-2-6-10-18/h1-11,13,20,22,24,32H,12,14-16H2,(H3,29,30)(H,31,36)(H,34,35)/t20-,22?,28?/m0/s1. The molecule has 2 saturated heterocycles. The third kappa shape index (κ3) is 4.46. The number of carboxylic acids is 1. The zero-order chi connectivity index (χ0) is 26.9. The van der Waals surface area contributed by atoms with E-state index in [2.05, 4.69) is 10.6 Å². The molecule has 0 spiro atoms. The zero-order valence-electron chi connectivity index (χ0n) is 20.6. The fourth-order valence-corrected chi connectivity index (χ4v) is 6.65. The number of hydrogen-bond donors (Lipinski definition) is 5. The fourth-order valence-electron chi connectivity index (χ4n) is 5.84. The average Bonchev–Trinajstić information content (AvgIpc) is 3.57. The molecule has 6 N–H and O–H groups in total. The molecular weight excluding hydrogens is 502 g/mol. The van der Waals surface area contributed by atoms with Crippen LogP contribution >= 0.6 is 11.3 Å². The zero-order valence-corrected chi connectivity index (χ0v) is 21.4. The highest BCUT2D eigenvalue weighted by Gasteiger charge is 2.69. The number of nitrogens with zero attached hydrogens (tertiary/aromatic N) is 1. The first-order valence-electron chi connectivity index (χ1n) is 12.4. The Balaban J connectivity index is 1.43. The first kappa shape index (κ1) is 25.6. The predicted octanol–water partition coefficient (Wildman–Crippen LogP) is 2.27. The summed E-state index contributed by atoms with van der Waals surface area (Å²) in [7, 11) is 0. The molecule has 2 aliphatic heterocycles. The van der Waals surface area contributed by atoms with Crippen LogP contribution in [0.2, 0.25) is 0 Å². The Hall–Kier alpha value is -4.02. The predicted molar refractivity (Wildman–Crippen MR) is 144 cm³/mol. The van der Waals surface area contributed by atoms with Crippen molar-refractivity contribution in [1.82, 2.24) is 15.5 Å². The molecule has 2 unspecified atom stereocenters. The first-order chi connectivity index (χ1) is 18.3. The van der Waals surface area contributed by atoms with Crippen LogP contribution in [0.15, 0.2) is 72.8 Å². The summed E-state index contributed by atoms with van der Waals surface area (Å²) >= 11 is 1.34. The van der Waals surface area contributed by atoms with Gasteiger partial charge in [-0.15, -0.1) is 11.3 Å². The number of aliphatic carboxylic acids is 1. The van der Waals surface area contributed by atoms with Crippen molar-refractivity contribution >= 4 is 35.0 Å². The van der Waals surface area contributed by atoms with Gasteiger partial charge in [0.05, 0.1) is 24.0 Å². The average molecular weight is 532 g/mol. The molecule has 0 bridgehead atoms. The number of nitrogens with one attached hydrogen (secondary N) is 3. The number of nitrogens with two attached hydrogens (primary N) is 1. The van der Waals surface area contributed by atoms with Crippen molar-refractivity contribution in [3.8, 4) is 0 Å². The Kier molecular flexibility index (Phi) is 7.00. The number of hydrogen-bond acceptors (Lipinski definition) is 6. The number of carboxylic acid groups (broad SMARTS) is 1. The lowest BCUT2D eigenvalue weighted by molar-refractivity contribution is -0.167. The number of fused-ring (bicyclic) bond motifs is 1. The molecule has 1 aromatic heterocycles. The molecule has 196 valence electrons. The Morgan fingerprint density at radius 2 is 1.68 bits per heavy atom. The number of benzene rings is 2. The van der Waals surface area contributed by atoms with Crippen LogP contribution in [-0.2, 0) is 20.9 Å². The second-order valence-corrected chi connectivity index (χ2v) is 10.8. The number of rotatable bonds is 10. The highest BCUT2D eigenvalue weighted by molar-refractivity contribution is 7.14. The maximum absolute atomic E-state index is 14.1. The third-order valence-corrected chi connectivity index (χ3v) is 8.54. The van der Waals surface area contributed by atoms with Crippen LogP contribution in [-0.4, -0.2) is 57.8 Å². The molecule has 2 fully saturated rings. The lowest BCUT2D eigenvalue weighted by Gasteiger charge is -2.58. The van der Waals surface area contributed by atoms with E-state index in [0.717, 1.165) is 16.0 Å². The van der Waals surface area contributed by atoms with Gasteiger partial charge in [0.1, 0.15) is 17.4 Å². The van der Waals surface area contributed by atoms with Crippen LogP contribution in [0.1, 0.15) is 39.6 Å². The normalized spacial score (nSPS) is 22.1. The van der Waals surface area contributed by atoms with Crippen LogP contribution in [0.5, 0.6) is 0 Å². The maximum atomic E-state index is 14.1. The molecule has 2 amide bonds. The van der Waals surface area contributed by atoms with Gasteiger partial charge in [-0.1, -0.05) is 60.7 Å². The van der Waals surface area contributed by atoms with Gasteiger partial charge in [0.2, 0.25) is 11.8 Å². The van der Waals surface area contributed by atoms with Gasteiger partial charge < -0.3 is 21.1 Å². The van der Waals surface area contributed by atoms with E-state index >= 15 is 0 Å².